The zero-order valence-electron chi connectivity index (χ0n) is 5.07. The van der Waals surface area contributed by atoms with Crippen LogP contribution in [0.1, 0.15) is 6.92 Å². The van der Waals surface area contributed by atoms with Crippen molar-refractivity contribution in [1.82, 2.24) is 0 Å². The van der Waals surface area contributed by atoms with Gasteiger partial charge in [0.2, 0.25) is 3.79 Å². The van der Waals surface area contributed by atoms with Gasteiger partial charge in [0.1, 0.15) is 0 Å². The lowest BCUT2D eigenvalue weighted by Crippen LogP contribution is -2.51. The average Bonchev–Trinajstić information content (AvgIpc) is 1.62. The molecule has 6 heteroatoms. The van der Waals surface area contributed by atoms with E-state index in [0.717, 1.165) is 6.92 Å². The lowest BCUT2D eigenvalue weighted by atomic mass is 10.1. The minimum Gasteiger partial charge on any atom is -0.376 e. The van der Waals surface area contributed by atoms with Gasteiger partial charge in [-0.25, -0.2) is 0 Å². The first-order valence-electron chi connectivity index (χ1n) is 2.28. The molecule has 0 aliphatic heterocycles. The van der Waals surface area contributed by atoms with Crippen LogP contribution in [0, 0.1) is 0 Å². The van der Waals surface area contributed by atoms with Gasteiger partial charge in [0.25, 0.3) is 5.91 Å². The summed E-state index contributed by atoms with van der Waals surface area (Å²) < 4.78 is -2.08. The van der Waals surface area contributed by atoms with E-state index in [2.05, 4.69) is 0 Å². The highest BCUT2D eigenvalue weighted by atomic mass is 35.6. The van der Waals surface area contributed by atoms with Gasteiger partial charge in [-0.1, -0.05) is 34.8 Å². The minimum absolute atomic E-state index is 1.03. The summed E-state index contributed by atoms with van der Waals surface area (Å²) in [4.78, 5) is 10.4. The van der Waals surface area contributed by atoms with Crippen molar-refractivity contribution in [3.8, 4) is 0 Å². The van der Waals surface area contributed by atoms with Crippen LogP contribution in [0.15, 0.2) is 0 Å². The fourth-order valence-corrected chi connectivity index (χ4v) is 0.419. The van der Waals surface area contributed by atoms with E-state index in [-0.39, 0.29) is 0 Å². The van der Waals surface area contributed by atoms with Crippen LogP contribution in [0.3, 0.4) is 0 Å². The maximum atomic E-state index is 10.4. The van der Waals surface area contributed by atoms with Crippen LogP contribution in [0.4, 0.5) is 0 Å². The molecule has 0 heterocycles. The molecule has 0 aliphatic rings. The SMILES string of the molecule is CC(O)(C(N)=O)C(Cl)(Cl)Cl. The van der Waals surface area contributed by atoms with Crippen molar-refractivity contribution in [2.24, 2.45) is 5.73 Å². The summed E-state index contributed by atoms with van der Waals surface area (Å²) in [6.07, 6.45) is 0. The molecule has 3 nitrogen and oxygen atoms in total. The second-order valence-electron chi connectivity index (χ2n) is 1.93. The lowest BCUT2D eigenvalue weighted by Gasteiger charge is -2.26. The van der Waals surface area contributed by atoms with Crippen molar-refractivity contribution < 1.29 is 9.90 Å². The van der Waals surface area contributed by atoms with Crippen molar-refractivity contribution in [2.75, 3.05) is 0 Å². The fraction of sp³-hybridized carbons (Fsp3) is 0.750. The van der Waals surface area contributed by atoms with Crippen LogP contribution in [0.2, 0.25) is 0 Å². The molecule has 0 saturated heterocycles. The Labute approximate surface area is 73.0 Å². The molecule has 60 valence electrons. The van der Waals surface area contributed by atoms with Gasteiger partial charge in [0, 0.05) is 0 Å². The summed E-state index contributed by atoms with van der Waals surface area (Å²) in [5, 5.41) is 9.06. The molecule has 0 radical (unpaired) electrons. The van der Waals surface area contributed by atoms with Gasteiger partial charge in [0.05, 0.1) is 0 Å². The Kier molecular flexibility index (Phi) is 2.82. The Hall–Kier alpha value is 0.300. The summed E-state index contributed by atoms with van der Waals surface area (Å²) in [5.41, 5.74) is 2.59. The zero-order chi connectivity index (χ0) is 8.58. The van der Waals surface area contributed by atoms with Crippen LogP contribution in [-0.4, -0.2) is 20.4 Å². The van der Waals surface area contributed by atoms with E-state index in [4.69, 9.17) is 45.6 Å². The molecular formula is C4H6Cl3NO2. The second-order valence-corrected chi connectivity index (χ2v) is 4.22. The van der Waals surface area contributed by atoms with Gasteiger partial charge in [-0.15, -0.1) is 0 Å². The monoisotopic (exact) mass is 205 g/mol. The van der Waals surface area contributed by atoms with Gasteiger partial charge in [0.15, 0.2) is 5.60 Å². The number of carbonyl (C=O) groups excluding carboxylic acids is 1. The molecule has 0 aromatic carbocycles. The number of halogens is 3. The highest BCUT2D eigenvalue weighted by Crippen LogP contribution is 2.37. The van der Waals surface area contributed by atoms with E-state index in [9.17, 15) is 4.79 Å². The maximum Gasteiger partial charge on any atom is 0.253 e. The molecule has 0 aromatic rings. The molecule has 0 rings (SSSR count). The number of primary amides is 1. The first kappa shape index (κ1) is 10.3. The Morgan fingerprint density at radius 3 is 1.80 bits per heavy atom. The van der Waals surface area contributed by atoms with E-state index in [1.807, 2.05) is 0 Å². The molecule has 0 saturated carbocycles. The Morgan fingerprint density at radius 2 is 1.80 bits per heavy atom. The van der Waals surface area contributed by atoms with Crippen LogP contribution in [0.25, 0.3) is 0 Å². The Bertz CT molecular complexity index is 151. The maximum absolute atomic E-state index is 10.4. The molecule has 0 spiro atoms. The van der Waals surface area contributed by atoms with E-state index in [1.54, 1.807) is 0 Å². The number of carbonyl (C=O) groups is 1. The van der Waals surface area contributed by atoms with Crippen molar-refractivity contribution in [1.29, 1.82) is 0 Å². The molecule has 1 amide bonds. The number of rotatable bonds is 1. The summed E-state index contributed by atoms with van der Waals surface area (Å²) in [7, 11) is 0. The fourth-order valence-electron chi connectivity index (χ4n) is 0.140. The summed E-state index contributed by atoms with van der Waals surface area (Å²) in [6.45, 7) is 1.03. The number of aliphatic hydroxyl groups is 1. The standard InChI is InChI=1S/C4H6Cl3NO2/c1-3(10,2(8)9)4(5,6)7/h10H,1H3,(H2,8,9). The first-order valence-corrected chi connectivity index (χ1v) is 3.42. The number of alkyl halides is 3. The minimum atomic E-state index is -2.13. The number of hydrogen-bond donors (Lipinski definition) is 2. The van der Waals surface area contributed by atoms with Gasteiger partial charge in [-0.3, -0.25) is 4.79 Å². The van der Waals surface area contributed by atoms with Gasteiger partial charge < -0.3 is 10.8 Å². The second kappa shape index (κ2) is 2.74. The first-order chi connectivity index (χ1) is 4.19. The van der Waals surface area contributed by atoms with Crippen LogP contribution in [0.5, 0.6) is 0 Å². The van der Waals surface area contributed by atoms with Crippen molar-refractivity contribution >= 4 is 40.7 Å². The van der Waals surface area contributed by atoms with Crippen molar-refractivity contribution in [3.63, 3.8) is 0 Å². The molecule has 1 atom stereocenters. The molecule has 1 unspecified atom stereocenters. The molecule has 3 N–H and O–H groups in total. The lowest BCUT2D eigenvalue weighted by molar-refractivity contribution is -0.134. The largest absolute Gasteiger partial charge is 0.376 e. The van der Waals surface area contributed by atoms with E-state index in [0.29, 0.717) is 0 Å². The predicted molar refractivity (Wildman–Crippen MR) is 40.1 cm³/mol. The van der Waals surface area contributed by atoms with Crippen molar-refractivity contribution in [2.45, 2.75) is 16.3 Å². The highest BCUT2D eigenvalue weighted by Gasteiger charge is 2.47. The average molecular weight is 206 g/mol. The summed E-state index contributed by atoms with van der Waals surface area (Å²) in [6, 6.07) is 0. The third-order valence-electron chi connectivity index (χ3n) is 1.03. The molecule has 0 bridgehead atoms. The van der Waals surface area contributed by atoms with E-state index >= 15 is 0 Å². The molecule has 10 heavy (non-hydrogen) atoms. The van der Waals surface area contributed by atoms with Gasteiger partial charge in [-0.2, -0.15) is 0 Å². The topological polar surface area (TPSA) is 63.3 Å². The summed E-state index contributed by atoms with van der Waals surface area (Å²) in [5.74, 6) is -1.08. The smallest absolute Gasteiger partial charge is 0.253 e. The normalized spacial score (nSPS) is 18.1. The number of hydrogen-bond acceptors (Lipinski definition) is 2. The number of amides is 1. The molecule has 0 aromatic heterocycles. The zero-order valence-corrected chi connectivity index (χ0v) is 7.33. The van der Waals surface area contributed by atoms with Gasteiger partial charge >= 0.3 is 0 Å². The Morgan fingerprint density at radius 1 is 1.50 bits per heavy atom. The Balaban J connectivity index is 4.57. The van der Waals surface area contributed by atoms with E-state index < -0.39 is 15.3 Å². The van der Waals surface area contributed by atoms with Crippen LogP contribution < -0.4 is 5.73 Å². The molecule has 0 fully saturated rings. The van der Waals surface area contributed by atoms with Crippen molar-refractivity contribution in [3.05, 3.63) is 0 Å². The third-order valence-corrected chi connectivity index (χ3v) is 2.14. The highest BCUT2D eigenvalue weighted by molar-refractivity contribution is 6.69. The molecular weight excluding hydrogens is 200 g/mol. The molecule has 0 aliphatic carbocycles. The predicted octanol–water partition coefficient (Wildman–Crippen LogP) is 0.593. The third kappa shape index (κ3) is 1.89. The van der Waals surface area contributed by atoms with Gasteiger partial charge in [-0.05, 0) is 6.92 Å². The number of nitrogens with two attached hydrogens (primary N) is 1. The van der Waals surface area contributed by atoms with E-state index in [1.165, 1.54) is 0 Å². The van der Waals surface area contributed by atoms with Crippen LogP contribution in [-0.2, 0) is 4.79 Å². The summed E-state index contributed by atoms with van der Waals surface area (Å²) >= 11 is 15.6. The quantitative estimate of drug-likeness (QED) is 0.617. The van der Waals surface area contributed by atoms with Crippen LogP contribution >= 0.6 is 34.8 Å².